The lowest BCUT2D eigenvalue weighted by Crippen LogP contribution is -2.30. The molecule has 50 heavy (non-hydrogen) atoms. The monoisotopic (exact) mass is 641 g/mol. The van der Waals surface area contributed by atoms with E-state index in [1.165, 1.54) is 4.90 Å². The second-order valence-electron chi connectivity index (χ2n) is 12.3. The Morgan fingerprint density at radius 3 is 1.80 bits per heavy atom. The number of para-hydroxylation sites is 3. The molecule has 0 spiro atoms. The van der Waals surface area contributed by atoms with Crippen LogP contribution in [-0.2, 0) is 0 Å². The van der Waals surface area contributed by atoms with Crippen LogP contribution in [0.4, 0.5) is 11.4 Å². The molecule has 2 heterocycles. The number of amides is 2. The maximum Gasteiger partial charge on any atom is 0.268 e. The molecule has 8 aromatic rings. The number of fused-ring (bicyclic) bond motifs is 4. The summed E-state index contributed by atoms with van der Waals surface area (Å²) in [6.45, 7) is 7.90. The van der Waals surface area contributed by atoms with E-state index in [9.17, 15) is 9.59 Å². The van der Waals surface area contributed by atoms with Crippen molar-refractivity contribution in [2.75, 3.05) is 4.90 Å². The number of benzene rings is 7. The van der Waals surface area contributed by atoms with Gasteiger partial charge in [0, 0.05) is 16.3 Å². The lowest BCUT2D eigenvalue weighted by atomic mass is 9.92. The number of carbonyl (C=O) groups excluding carboxylic acids is 2. The van der Waals surface area contributed by atoms with Gasteiger partial charge in [0.05, 0.1) is 40.1 Å². The molecule has 0 unspecified atom stereocenters. The molecular formula is C45H27N3O2. The number of hydrogen-bond acceptors (Lipinski definition) is 2. The van der Waals surface area contributed by atoms with E-state index in [0.29, 0.717) is 28.2 Å². The Morgan fingerprint density at radius 1 is 0.440 bits per heavy atom. The molecule has 9 rings (SSSR count). The van der Waals surface area contributed by atoms with Crippen molar-refractivity contribution in [3.8, 4) is 39.1 Å². The summed E-state index contributed by atoms with van der Waals surface area (Å²) in [5.74, 6) is -0.749. The van der Waals surface area contributed by atoms with Crippen molar-refractivity contribution in [1.82, 2.24) is 4.57 Å². The highest BCUT2D eigenvalue weighted by molar-refractivity contribution is 6.37. The lowest BCUT2D eigenvalue weighted by Gasteiger charge is -2.22. The van der Waals surface area contributed by atoms with E-state index in [1.54, 1.807) is 6.07 Å². The van der Waals surface area contributed by atoms with Crippen molar-refractivity contribution >= 4 is 45.0 Å². The Hall–Kier alpha value is -7.03. The minimum absolute atomic E-state index is 0.345. The Balaban J connectivity index is 1.30. The normalized spacial score (nSPS) is 12.4. The smallest absolute Gasteiger partial charge is 0.268 e. The highest BCUT2D eigenvalue weighted by atomic mass is 16.2. The van der Waals surface area contributed by atoms with Crippen LogP contribution in [0.2, 0.25) is 0 Å². The van der Waals surface area contributed by atoms with E-state index in [-0.39, 0.29) is 11.8 Å². The minimum atomic E-state index is -0.382. The third-order valence-corrected chi connectivity index (χ3v) is 9.57. The summed E-state index contributed by atoms with van der Waals surface area (Å²) < 4.78 is 2.09. The van der Waals surface area contributed by atoms with E-state index < -0.39 is 0 Å². The first-order chi connectivity index (χ1) is 24.7. The van der Waals surface area contributed by atoms with Crippen LogP contribution in [0, 0.1) is 6.57 Å². The topological polar surface area (TPSA) is 46.7 Å². The van der Waals surface area contributed by atoms with Gasteiger partial charge in [0.15, 0.2) is 5.69 Å². The van der Waals surface area contributed by atoms with E-state index >= 15 is 0 Å². The highest BCUT2D eigenvalue weighted by Crippen LogP contribution is 2.45. The molecule has 0 saturated carbocycles. The Bertz CT molecular complexity index is 2700. The summed E-state index contributed by atoms with van der Waals surface area (Å²) in [7, 11) is 0. The van der Waals surface area contributed by atoms with Crippen molar-refractivity contribution in [2.45, 2.75) is 0 Å². The van der Waals surface area contributed by atoms with Gasteiger partial charge >= 0.3 is 0 Å². The predicted molar refractivity (Wildman–Crippen MR) is 201 cm³/mol. The standard InChI is InChI=1S/C45H27N3O2/c1-46-37-25-10-8-19-32(37)34-22-12-23-35-33-20-9-11-26-38(33)47(43(34)35)40-28-14-24-36-42(40)45(50)48(44(36)49)39-27-13-21-31(29-15-4-2-5-16-29)41(39)30-17-6-3-7-18-30/h2-28H. The molecule has 1 aliphatic heterocycles. The summed E-state index contributed by atoms with van der Waals surface area (Å²) in [4.78, 5) is 34.6. The van der Waals surface area contributed by atoms with Crippen LogP contribution in [0.3, 0.4) is 0 Å². The first-order valence-corrected chi connectivity index (χ1v) is 16.4. The average molecular weight is 642 g/mol. The quantitative estimate of drug-likeness (QED) is 0.139. The molecule has 0 bridgehead atoms. The van der Waals surface area contributed by atoms with Crippen LogP contribution in [0.1, 0.15) is 20.7 Å². The van der Waals surface area contributed by atoms with Crippen molar-refractivity contribution < 1.29 is 9.59 Å². The van der Waals surface area contributed by atoms with Crippen LogP contribution in [0.15, 0.2) is 164 Å². The Kier molecular flexibility index (Phi) is 6.75. The summed E-state index contributed by atoms with van der Waals surface area (Å²) >= 11 is 0. The van der Waals surface area contributed by atoms with Gasteiger partial charge in [-0.15, -0.1) is 0 Å². The Morgan fingerprint density at radius 2 is 1.02 bits per heavy atom. The number of hydrogen-bond donors (Lipinski definition) is 0. The second kappa shape index (κ2) is 11.6. The molecule has 0 radical (unpaired) electrons. The molecule has 0 atom stereocenters. The molecule has 7 aromatic carbocycles. The van der Waals surface area contributed by atoms with Gasteiger partial charge in [-0.25, -0.2) is 9.74 Å². The maximum absolute atomic E-state index is 14.9. The summed E-state index contributed by atoms with van der Waals surface area (Å²) in [6.07, 6.45) is 0. The van der Waals surface area contributed by atoms with Crippen LogP contribution >= 0.6 is 0 Å². The molecular weight excluding hydrogens is 615 g/mol. The van der Waals surface area contributed by atoms with Crippen LogP contribution in [0.25, 0.3) is 65.7 Å². The summed E-state index contributed by atoms with van der Waals surface area (Å²) in [6, 6.07) is 53.0. The van der Waals surface area contributed by atoms with Gasteiger partial charge in [-0.3, -0.25) is 9.59 Å². The second-order valence-corrected chi connectivity index (χ2v) is 12.3. The number of rotatable bonds is 5. The molecule has 234 valence electrons. The molecule has 0 N–H and O–H groups in total. The van der Waals surface area contributed by atoms with Gasteiger partial charge in [0.25, 0.3) is 11.8 Å². The molecule has 0 saturated heterocycles. The number of anilines is 1. The van der Waals surface area contributed by atoms with E-state index in [1.807, 2.05) is 146 Å². The maximum atomic E-state index is 14.9. The fraction of sp³-hybridized carbons (Fsp3) is 0. The van der Waals surface area contributed by atoms with Gasteiger partial charge < -0.3 is 4.57 Å². The van der Waals surface area contributed by atoms with E-state index in [4.69, 9.17) is 6.57 Å². The fourth-order valence-electron chi connectivity index (χ4n) is 7.45. The minimum Gasteiger partial charge on any atom is -0.308 e. The third kappa shape index (κ3) is 4.33. The number of aromatic nitrogens is 1. The van der Waals surface area contributed by atoms with Gasteiger partial charge in [-0.2, -0.15) is 0 Å². The largest absolute Gasteiger partial charge is 0.308 e. The zero-order valence-electron chi connectivity index (χ0n) is 26.7. The zero-order chi connectivity index (χ0) is 33.8. The Labute approximate surface area is 288 Å². The van der Waals surface area contributed by atoms with Gasteiger partial charge in [0.1, 0.15) is 0 Å². The van der Waals surface area contributed by atoms with Crippen molar-refractivity contribution in [2.24, 2.45) is 0 Å². The number of imide groups is 1. The summed E-state index contributed by atoms with van der Waals surface area (Å²) in [5.41, 5.74) is 9.46. The highest BCUT2D eigenvalue weighted by Gasteiger charge is 2.41. The van der Waals surface area contributed by atoms with Crippen LogP contribution < -0.4 is 4.90 Å². The van der Waals surface area contributed by atoms with Gasteiger partial charge in [-0.1, -0.05) is 140 Å². The van der Waals surface area contributed by atoms with E-state index in [2.05, 4.69) is 21.5 Å². The zero-order valence-corrected chi connectivity index (χ0v) is 26.7. The molecule has 1 aromatic heterocycles. The number of nitrogens with zero attached hydrogens (tertiary/aromatic N) is 3. The predicted octanol–water partition coefficient (Wildman–Crippen LogP) is 11.1. The SMILES string of the molecule is [C-]#[N+]c1ccccc1-c1cccc2c3ccccc3n(-c3cccc4c3C(=O)N(c3cccc(-c5ccccc5)c3-c3ccccc3)C4=O)c12. The van der Waals surface area contributed by atoms with E-state index in [0.717, 1.165) is 55.2 Å². The van der Waals surface area contributed by atoms with Crippen LogP contribution in [0.5, 0.6) is 0 Å². The molecule has 0 fully saturated rings. The lowest BCUT2D eigenvalue weighted by molar-refractivity contribution is 0.0926. The fourth-order valence-corrected chi connectivity index (χ4v) is 7.45. The molecule has 5 nitrogen and oxygen atoms in total. The first kappa shape index (κ1) is 29.1. The molecule has 2 amide bonds. The van der Waals surface area contributed by atoms with Crippen LogP contribution in [-0.4, -0.2) is 16.4 Å². The molecule has 0 aliphatic carbocycles. The van der Waals surface area contributed by atoms with Gasteiger partial charge in [-0.05, 0) is 52.1 Å². The number of carbonyl (C=O) groups is 2. The summed E-state index contributed by atoms with van der Waals surface area (Å²) in [5, 5.41) is 2.00. The van der Waals surface area contributed by atoms with Crippen molar-refractivity contribution in [1.29, 1.82) is 0 Å². The first-order valence-electron chi connectivity index (χ1n) is 16.4. The van der Waals surface area contributed by atoms with Crippen molar-refractivity contribution in [3.63, 3.8) is 0 Å². The van der Waals surface area contributed by atoms with Gasteiger partial charge in [0.2, 0.25) is 0 Å². The average Bonchev–Trinajstić information content (AvgIpc) is 3.65. The molecule has 5 heteroatoms. The molecule has 1 aliphatic rings. The van der Waals surface area contributed by atoms with Crippen molar-refractivity contribution in [3.05, 3.63) is 186 Å². The third-order valence-electron chi connectivity index (χ3n) is 9.57.